The zero-order valence-corrected chi connectivity index (χ0v) is 10.9. The molecule has 0 saturated heterocycles. The Morgan fingerprint density at radius 2 is 1.71 bits per heavy atom. The largest absolute Gasteiger partial charge is 0.463 e. The molecule has 0 heterocycles. The topological polar surface area (TPSA) is 74.2 Å². The van der Waals surface area contributed by atoms with E-state index in [0.717, 1.165) is 0 Å². The van der Waals surface area contributed by atoms with Crippen molar-refractivity contribution in [2.24, 2.45) is 0 Å². The molecule has 6 heteroatoms. The summed E-state index contributed by atoms with van der Waals surface area (Å²) in [6.07, 6.45) is 0. The molecular formula is C11H24O6. The van der Waals surface area contributed by atoms with E-state index < -0.39 is 0 Å². The van der Waals surface area contributed by atoms with Gasteiger partial charge < -0.3 is 24.1 Å². The molecule has 0 aliphatic rings. The Morgan fingerprint density at radius 3 is 2.18 bits per heavy atom. The first-order valence-corrected chi connectivity index (χ1v) is 5.57. The zero-order valence-electron chi connectivity index (χ0n) is 10.9. The fourth-order valence-corrected chi connectivity index (χ4v) is 0.698. The van der Waals surface area contributed by atoms with E-state index in [0.29, 0.717) is 39.6 Å². The SMILES string of the molecule is CCOCCOC(C)=O.COCCOCCO. The van der Waals surface area contributed by atoms with Crippen molar-refractivity contribution < 1.29 is 28.8 Å². The molecule has 0 aromatic rings. The van der Waals surface area contributed by atoms with Gasteiger partial charge in [0.05, 0.1) is 33.0 Å². The summed E-state index contributed by atoms with van der Waals surface area (Å²) >= 11 is 0. The number of methoxy groups -OCH3 is 1. The van der Waals surface area contributed by atoms with Crippen LogP contribution in [-0.2, 0) is 23.7 Å². The molecule has 0 saturated carbocycles. The highest BCUT2D eigenvalue weighted by Gasteiger charge is 1.89. The van der Waals surface area contributed by atoms with Crippen LogP contribution in [0.4, 0.5) is 0 Å². The maximum Gasteiger partial charge on any atom is 0.302 e. The van der Waals surface area contributed by atoms with Gasteiger partial charge in [-0.05, 0) is 6.92 Å². The molecule has 104 valence electrons. The molecule has 6 nitrogen and oxygen atoms in total. The number of carbonyl (C=O) groups is 1. The van der Waals surface area contributed by atoms with Gasteiger partial charge >= 0.3 is 5.97 Å². The van der Waals surface area contributed by atoms with Gasteiger partial charge in [0.25, 0.3) is 0 Å². The molecule has 0 aliphatic heterocycles. The van der Waals surface area contributed by atoms with Crippen molar-refractivity contribution >= 4 is 5.97 Å². The van der Waals surface area contributed by atoms with Crippen LogP contribution in [0.25, 0.3) is 0 Å². The second-order valence-electron chi connectivity index (χ2n) is 2.87. The second-order valence-corrected chi connectivity index (χ2v) is 2.87. The van der Waals surface area contributed by atoms with Crippen molar-refractivity contribution in [2.75, 3.05) is 53.4 Å². The van der Waals surface area contributed by atoms with E-state index in [-0.39, 0.29) is 12.6 Å². The van der Waals surface area contributed by atoms with Gasteiger partial charge in [-0.2, -0.15) is 0 Å². The van der Waals surface area contributed by atoms with E-state index in [2.05, 4.69) is 9.47 Å². The summed E-state index contributed by atoms with van der Waals surface area (Å²) in [7, 11) is 1.61. The van der Waals surface area contributed by atoms with Gasteiger partial charge in [-0.15, -0.1) is 0 Å². The van der Waals surface area contributed by atoms with Gasteiger partial charge in [0.1, 0.15) is 6.61 Å². The van der Waals surface area contributed by atoms with Gasteiger partial charge in [0.15, 0.2) is 0 Å². The molecule has 0 atom stereocenters. The van der Waals surface area contributed by atoms with Crippen molar-refractivity contribution in [3.05, 3.63) is 0 Å². The van der Waals surface area contributed by atoms with E-state index >= 15 is 0 Å². The summed E-state index contributed by atoms with van der Waals surface area (Å²) in [4.78, 5) is 10.1. The van der Waals surface area contributed by atoms with Gasteiger partial charge in [-0.25, -0.2) is 0 Å². The van der Waals surface area contributed by atoms with Gasteiger partial charge in [-0.1, -0.05) is 0 Å². The fourth-order valence-electron chi connectivity index (χ4n) is 0.698. The molecule has 0 aromatic heterocycles. The monoisotopic (exact) mass is 252 g/mol. The summed E-state index contributed by atoms with van der Waals surface area (Å²) < 4.78 is 19.0. The summed E-state index contributed by atoms with van der Waals surface area (Å²) in [5.41, 5.74) is 0. The number of ether oxygens (including phenoxy) is 4. The molecule has 0 amide bonds. The molecule has 0 aliphatic carbocycles. The minimum Gasteiger partial charge on any atom is -0.463 e. The molecule has 0 aromatic carbocycles. The van der Waals surface area contributed by atoms with E-state index in [9.17, 15) is 4.79 Å². The molecule has 0 radical (unpaired) electrons. The van der Waals surface area contributed by atoms with E-state index in [1.54, 1.807) is 7.11 Å². The lowest BCUT2D eigenvalue weighted by Crippen LogP contribution is -2.06. The van der Waals surface area contributed by atoms with Crippen LogP contribution in [0.15, 0.2) is 0 Å². The van der Waals surface area contributed by atoms with Crippen LogP contribution in [0.3, 0.4) is 0 Å². The normalized spacial score (nSPS) is 9.41. The highest BCUT2D eigenvalue weighted by molar-refractivity contribution is 5.65. The smallest absolute Gasteiger partial charge is 0.302 e. The minimum atomic E-state index is -0.255. The number of aliphatic hydroxyl groups is 1. The summed E-state index contributed by atoms with van der Waals surface area (Å²) in [6, 6.07) is 0. The standard InChI is InChI=1S/C6H12O3.C5H12O3/c1-3-8-4-5-9-6(2)7;1-7-4-5-8-3-2-6/h3-5H2,1-2H3;6H,2-5H2,1H3. The van der Waals surface area contributed by atoms with E-state index in [1.807, 2.05) is 6.92 Å². The average Bonchev–Trinajstić information content (AvgIpc) is 2.31. The molecule has 1 N–H and O–H groups in total. The molecule has 0 spiro atoms. The number of rotatable bonds is 9. The molecule has 17 heavy (non-hydrogen) atoms. The van der Waals surface area contributed by atoms with Crippen LogP contribution < -0.4 is 0 Å². The van der Waals surface area contributed by atoms with Crippen molar-refractivity contribution in [1.82, 2.24) is 0 Å². The van der Waals surface area contributed by atoms with Gasteiger partial charge in [-0.3, -0.25) is 4.79 Å². The fraction of sp³-hybridized carbons (Fsp3) is 0.909. The van der Waals surface area contributed by atoms with Gasteiger partial charge in [0.2, 0.25) is 0 Å². The minimum absolute atomic E-state index is 0.0870. The highest BCUT2D eigenvalue weighted by Crippen LogP contribution is 1.77. The summed E-state index contributed by atoms with van der Waals surface area (Å²) in [5.74, 6) is -0.255. The molecule has 0 unspecified atom stereocenters. The Bertz CT molecular complexity index is 145. The van der Waals surface area contributed by atoms with Crippen LogP contribution in [-0.4, -0.2) is 64.4 Å². The number of hydrogen-bond acceptors (Lipinski definition) is 6. The average molecular weight is 252 g/mol. The third kappa shape index (κ3) is 25.5. The number of carbonyl (C=O) groups excluding carboxylic acids is 1. The van der Waals surface area contributed by atoms with E-state index in [4.69, 9.17) is 14.6 Å². The maximum absolute atomic E-state index is 10.1. The third-order valence-corrected chi connectivity index (χ3v) is 1.40. The predicted octanol–water partition coefficient (Wildman–Crippen LogP) is 0.228. The Kier molecular flexibility index (Phi) is 19.4. The first-order valence-electron chi connectivity index (χ1n) is 5.57. The van der Waals surface area contributed by atoms with E-state index in [1.165, 1.54) is 6.92 Å². The Balaban J connectivity index is 0. The molecular weight excluding hydrogens is 228 g/mol. The van der Waals surface area contributed by atoms with Crippen LogP contribution in [0.5, 0.6) is 0 Å². The van der Waals surface area contributed by atoms with Crippen LogP contribution in [0, 0.1) is 0 Å². The predicted molar refractivity (Wildman–Crippen MR) is 62.9 cm³/mol. The Morgan fingerprint density at radius 1 is 1.06 bits per heavy atom. The van der Waals surface area contributed by atoms with Crippen molar-refractivity contribution in [1.29, 1.82) is 0 Å². The first-order chi connectivity index (χ1) is 8.18. The summed E-state index contributed by atoms with van der Waals surface area (Å²) in [6.45, 7) is 6.46. The third-order valence-electron chi connectivity index (χ3n) is 1.40. The molecule has 0 rings (SSSR count). The van der Waals surface area contributed by atoms with Crippen molar-refractivity contribution in [3.8, 4) is 0 Å². The molecule has 0 fully saturated rings. The highest BCUT2D eigenvalue weighted by atomic mass is 16.6. The quantitative estimate of drug-likeness (QED) is 0.467. The van der Waals surface area contributed by atoms with Crippen LogP contribution >= 0.6 is 0 Å². The van der Waals surface area contributed by atoms with Crippen LogP contribution in [0.1, 0.15) is 13.8 Å². The second kappa shape index (κ2) is 17.7. The maximum atomic E-state index is 10.1. The first kappa shape index (κ1) is 18.7. The Hall–Kier alpha value is -0.690. The van der Waals surface area contributed by atoms with Crippen LogP contribution in [0.2, 0.25) is 0 Å². The number of esters is 1. The lowest BCUT2D eigenvalue weighted by molar-refractivity contribution is -0.142. The number of aliphatic hydroxyl groups excluding tert-OH is 1. The van der Waals surface area contributed by atoms with Crippen molar-refractivity contribution in [2.45, 2.75) is 13.8 Å². The zero-order chi connectivity index (χ0) is 13.4. The van der Waals surface area contributed by atoms with Crippen molar-refractivity contribution in [3.63, 3.8) is 0 Å². The summed E-state index contributed by atoms with van der Waals surface area (Å²) in [5, 5.41) is 8.20. The van der Waals surface area contributed by atoms with Gasteiger partial charge in [0, 0.05) is 20.6 Å². The lowest BCUT2D eigenvalue weighted by Gasteiger charge is -1.99. The lowest BCUT2D eigenvalue weighted by atomic mass is 10.7. The Labute approximate surface area is 103 Å². The molecule has 0 bridgehead atoms. The number of hydrogen-bond donors (Lipinski definition) is 1.